The Morgan fingerprint density at radius 2 is 2.45 bits per heavy atom. The fraction of sp³-hybridized carbons (Fsp3) is 1.00. The third-order valence-electron chi connectivity index (χ3n) is 2.88. The maximum absolute atomic E-state index is 5.74. The smallest absolute Gasteiger partial charge is 0.119 e. The molecule has 1 aliphatic heterocycles. The molecule has 2 fully saturated rings. The summed E-state index contributed by atoms with van der Waals surface area (Å²) in [5.74, 6) is 0.842. The predicted molar refractivity (Wildman–Crippen MR) is 44.3 cm³/mol. The molecule has 0 radical (unpaired) electrons. The van der Waals surface area contributed by atoms with Gasteiger partial charge in [-0.3, -0.25) is 5.32 Å². The van der Waals surface area contributed by atoms with Crippen LogP contribution in [0.2, 0.25) is 0 Å². The Morgan fingerprint density at radius 3 is 3.09 bits per heavy atom. The lowest BCUT2D eigenvalue weighted by Gasteiger charge is -2.35. The van der Waals surface area contributed by atoms with Crippen LogP contribution in [0.15, 0.2) is 0 Å². The minimum Gasteiger partial charge on any atom is -0.359 e. The Bertz CT molecular complexity index is 140. The molecular formula is C9H17NO. The average Bonchev–Trinajstić information content (AvgIpc) is 2.37. The highest BCUT2D eigenvalue weighted by Crippen LogP contribution is 2.34. The van der Waals surface area contributed by atoms with E-state index in [1.54, 1.807) is 0 Å². The lowest BCUT2D eigenvalue weighted by molar-refractivity contribution is -0.0516. The van der Waals surface area contributed by atoms with E-state index in [2.05, 4.69) is 12.2 Å². The second kappa shape index (κ2) is 2.76. The van der Waals surface area contributed by atoms with E-state index in [9.17, 15) is 0 Å². The third-order valence-corrected chi connectivity index (χ3v) is 2.88. The van der Waals surface area contributed by atoms with Crippen LogP contribution >= 0.6 is 0 Å². The lowest BCUT2D eigenvalue weighted by atomic mass is 9.84. The molecule has 2 heteroatoms. The Hall–Kier alpha value is -0.0800. The fourth-order valence-electron chi connectivity index (χ4n) is 2.37. The predicted octanol–water partition coefficient (Wildman–Crippen LogP) is 1.51. The van der Waals surface area contributed by atoms with Crippen molar-refractivity contribution >= 4 is 0 Å². The fourth-order valence-corrected chi connectivity index (χ4v) is 2.37. The average molecular weight is 155 g/mol. The molecule has 11 heavy (non-hydrogen) atoms. The summed E-state index contributed by atoms with van der Waals surface area (Å²) in [6.45, 7) is 4.28. The molecule has 1 saturated carbocycles. The summed E-state index contributed by atoms with van der Waals surface area (Å²) in [5, 5.41) is 3.48. The summed E-state index contributed by atoms with van der Waals surface area (Å²) in [5.41, 5.74) is 0.0949. The second-order valence-electron chi connectivity index (χ2n) is 3.97. The molecule has 2 nitrogen and oxygen atoms in total. The molecule has 1 spiro atoms. The summed E-state index contributed by atoms with van der Waals surface area (Å²) in [6, 6.07) is 0. The summed E-state index contributed by atoms with van der Waals surface area (Å²) < 4.78 is 5.74. The number of ether oxygens (including phenoxy) is 1. The minimum absolute atomic E-state index is 0.0949. The van der Waals surface area contributed by atoms with Crippen molar-refractivity contribution in [2.45, 2.75) is 38.3 Å². The van der Waals surface area contributed by atoms with Crippen molar-refractivity contribution < 1.29 is 4.74 Å². The summed E-state index contributed by atoms with van der Waals surface area (Å²) >= 11 is 0. The first-order valence-electron chi connectivity index (χ1n) is 4.70. The number of hydrogen-bond donors (Lipinski definition) is 1. The van der Waals surface area contributed by atoms with Crippen LogP contribution < -0.4 is 5.32 Å². The van der Waals surface area contributed by atoms with Gasteiger partial charge in [0.15, 0.2) is 0 Å². The van der Waals surface area contributed by atoms with E-state index >= 15 is 0 Å². The van der Waals surface area contributed by atoms with Crippen LogP contribution in [-0.2, 0) is 4.74 Å². The van der Waals surface area contributed by atoms with Gasteiger partial charge in [0, 0.05) is 6.54 Å². The van der Waals surface area contributed by atoms with E-state index < -0.39 is 0 Å². The van der Waals surface area contributed by atoms with Crippen molar-refractivity contribution in [3.63, 3.8) is 0 Å². The highest BCUT2D eigenvalue weighted by atomic mass is 16.5. The zero-order valence-corrected chi connectivity index (χ0v) is 7.23. The third kappa shape index (κ3) is 1.42. The molecule has 0 aromatic carbocycles. The van der Waals surface area contributed by atoms with Crippen LogP contribution in [-0.4, -0.2) is 18.9 Å². The molecule has 1 heterocycles. The van der Waals surface area contributed by atoms with Crippen LogP contribution in [0, 0.1) is 5.92 Å². The number of hydrogen-bond acceptors (Lipinski definition) is 2. The van der Waals surface area contributed by atoms with Gasteiger partial charge in [-0.25, -0.2) is 0 Å². The summed E-state index contributed by atoms with van der Waals surface area (Å²) in [7, 11) is 0. The summed E-state index contributed by atoms with van der Waals surface area (Å²) in [4.78, 5) is 0. The van der Waals surface area contributed by atoms with Gasteiger partial charge < -0.3 is 4.74 Å². The van der Waals surface area contributed by atoms with Crippen molar-refractivity contribution in [2.75, 3.05) is 13.2 Å². The Labute approximate surface area is 68.3 Å². The van der Waals surface area contributed by atoms with Gasteiger partial charge in [-0.1, -0.05) is 13.3 Å². The van der Waals surface area contributed by atoms with Gasteiger partial charge in [0.1, 0.15) is 5.72 Å². The molecule has 0 bridgehead atoms. The van der Waals surface area contributed by atoms with Crippen LogP contribution in [0.3, 0.4) is 0 Å². The zero-order chi connectivity index (χ0) is 7.73. The largest absolute Gasteiger partial charge is 0.359 e. The van der Waals surface area contributed by atoms with Gasteiger partial charge in [0.05, 0.1) is 6.61 Å². The van der Waals surface area contributed by atoms with Crippen LogP contribution in [0.4, 0.5) is 0 Å². The van der Waals surface area contributed by atoms with Crippen molar-refractivity contribution in [3.8, 4) is 0 Å². The van der Waals surface area contributed by atoms with Crippen molar-refractivity contribution in [1.29, 1.82) is 0 Å². The van der Waals surface area contributed by atoms with E-state index in [4.69, 9.17) is 4.74 Å². The van der Waals surface area contributed by atoms with E-state index in [0.717, 1.165) is 19.1 Å². The zero-order valence-electron chi connectivity index (χ0n) is 7.23. The number of rotatable bonds is 0. The van der Waals surface area contributed by atoms with Crippen molar-refractivity contribution in [1.82, 2.24) is 5.32 Å². The Balaban J connectivity index is 2.00. The first-order valence-corrected chi connectivity index (χ1v) is 4.70. The van der Waals surface area contributed by atoms with Crippen LogP contribution in [0.5, 0.6) is 0 Å². The molecule has 0 amide bonds. The summed E-state index contributed by atoms with van der Waals surface area (Å²) in [6.07, 6.45) is 5.14. The molecule has 1 saturated heterocycles. The standard InChI is InChI=1S/C9H17NO/c1-8-3-2-4-9(7-8)10-5-6-11-9/h8,10H,2-7H2,1H3/t8-,9+/m0/s1. The lowest BCUT2D eigenvalue weighted by Crippen LogP contribution is -2.44. The molecule has 1 N–H and O–H groups in total. The molecular weight excluding hydrogens is 138 g/mol. The maximum Gasteiger partial charge on any atom is 0.119 e. The van der Waals surface area contributed by atoms with Crippen LogP contribution in [0.25, 0.3) is 0 Å². The van der Waals surface area contributed by atoms with Crippen LogP contribution in [0.1, 0.15) is 32.6 Å². The molecule has 0 aromatic heterocycles. The van der Waals surface area contributed by atoms with Gasteiger partial charge in [0.2, 0.25) is 0 Å². The SMILES string of the molecule is C[C@H]1CCC[C@@]2(C1)NCCO2. The van der Waals surface area contributed by atoms with Gasteiger partial charge in [-0.2, -0.15) is 0 Å². The van der Waals surface area contributed by atoms with Crippen molar-refractivity contribution in [3.05, 3.63) is 0 Å². The first kappa shape index (κ1) is 7.56. The van der Waals surface area contributed by atoms with E-state index in [1.807, 2.05) is 0 Å². The molecule has 2 atom stereocenters. The van der Waals surface area contributed by atoms with Gasteiger partial charge in [-0.05, 0) is 25.2 Å². The molecule has 0 unspecified atom stereocenters. The highest BCUT2D eigenvalue weighted by molar-refractivity contribution is 4.87. The Kier molecular flexibility index (Phi) is 1.90. The van der Waals surface area contributed by atoms with Gasteiger partial charge >= 0.3 is 0 Å². The van der Waals surface area contributed by atoms with E-state index in [-0.39, 0.29) is 5.72 Å². The minimum atomic E-state index is 0.0949. The molecule has 0 aromatic rings. The first-order chi connectivity index (χ1) is 5.31. The van der Waals surface area contributed by atoms with Gasteiger partial charge in [-0.15, -0.1) is 0 Å². The molecule has 2 rings (SSSR count). The molecule has 64 valence electrons. The van der Waals surface area contributed by atoms with E-state index in [0.29, 0.717) is 0 Å². The number of nitrogens with one attached hydrogen (secondary N) is 1. The second-order valence-corrected chi connectivity index (χ2v) is 3.97. The van der Waals surface area contributed by atoms with Gasteiger partial charge in [0.25, 0.3) is 0 Å². The highest BCUT2D eigenvalue weighted by Gasteiger charge is 2.38. The van der Waals surface area contributed by atoms with E-state index in [1.165, 1.54) is 25.7 Å². The topological polar surface area (TPSA) is 21.3 Å². The Morgan fingerprint density at radius 1 is 1.55 bits per heavy atom. The van der Waals surface area contributed by atoms with Crippen molar-refractivity contribution in [2.24, 2.45) is 5.92 Å². The monoisotopic (exact) mass is 155 g/mol. The quantitative estimate of drug-likeness (QED) is 0.572. The molecule has 2 aliphatic rings. The maximum atomic E-state index is 5.74. The molecule has 1 aliphatic carbocycles. The normalized spacial score (nSPS) is 45.0.